The summed E-state index contributed by atoms with van der Waals surface area (Å²) in [5, 5.41) is 15.2. The van der Waals surface area contributed by atoms with E-state index < -0.39 is 23.7 Å². The summed E-state index contributed by atoms with van der Waals surface area (Å²) >= 11 is 7.33. The Labute approximate surface area is 206 Å². The van der Waals surface area contributed by atoms with E-state index in [0.29, 0.717) is 53.1 Å². The van der Waals surface area contributed by atoms with Crippen molar-refractivity contribution in [3.8, 4) is 5.82 Å². The van der Waals surface area contributed by atoms with Crippen molar-refractivity contribution < 1.29 is 18.6 Å². The molecule has 1 fully saturated rings. The molecule has 0 atom stereocenters. The Hall–Kier alpha value is -1.91. The van der Waals surface area contributed by atoms with E-state index in [9.17, 15) is 13.9 Å². The summed E-state index contributed by atoms with van der Waals surface area (Å²) in [6.45, 7) is 6.91. The van der Waals surface area contributed by atoms with Gasteiger partial charge in [-0.2, -0.15) is 13.9 Å². The van der Waals surface area contributed by atoms with Gasteiger partial charge in [0.25, 0.3) is 5.92 Å². The summed E-state index contributed by atoms with van der Waals surface area (Å²) in [4.78, 5) is 7.32. The fourth-order valence-corrected chi connectivity index (χ4v) is 6.32. The molecule has 0 saturated carbocycles. The highest BCUT2D eigenvalue weighted by Crippen LogP contribution is 2.52. The number of hydrogen-bond acceptors (Lipinski definition) is 6. The molecule has 3 aromatic rings. The number of aromatic nitrogens is 3. The quantitative estimate of drug-likeness (QED) is 0.529. The Balaban J connectivity index is 1.33. The van der Waals surface area contributed by atoms with Gasteiger partial charge in [0.2, 0.25) is 0 Å². The number of hydrogen-bond donors (Lipinski definition) is 1. The van der Waals surface area contributed by atoms with E-state index in [0.717, 1.165) is 11.3 Å². The maximum Gasteiger partial charge on any atom is 0.297 e. The molecule has 0 bridgehead atoms. The van der Waals surface area contributed by atoms with Crippen LogP contribution in [0.4, 0.5) is 8.78 Å². The van der Waals surface area contributed by atoms with E-state index in [-0.39, 0.29) is 5.56 Å². The number of fused-ring (bicyclic) bond motifs is 2. The van der Waals surface area contributed by atoms with Crippen LogP contribution >= 0.6 is 22.9 Å². The standard InChI is InChI=1S/C24H27ClF2N4O2S/c1-15-16(13-31(29-15)21-17(22(2,3)32)5-4-8-28-21)12-30-9-6-23(7-10-30)20-18(11-19(25)34-20)24(26,27)14-33-23/h4-5,8,11,13,32H,6-7,9-10,12,14H2,1-3H3. The van der Waals surface area contributed by atoms with Crippen molar-refractivity contribution in [2.45, 2.75) is 57.3 Å². The maximum absolute atomic E-state index is 14.4. The van der Waals surface area contributed by atoms with Gasteiger partial charge in [-0.05, 0) is 45.7 Å². The predicted octanol–water partition coefficient (Wildman–Crippen LogP) is 5.13. The van der Waals surface area contributed by atoms with E-state index in [1.807, 2.05) is 19.2 Å². The number of nitrogens with zero attached hydrogens (tertiary/aromatic N) is 4. The largest absolute Gasteiger partial charge is 0.386 e. The number of halogens is 3. The summed E-state index contributed by atoms with van der Waals surface area (Å²) in [5.74, 6) is -2.40. The molecule has 182 valence electrons. The summed E-state index contributed by atoms with van der Waals surface area (Å²) in [5.41, 5.74) is 0.913. The molecule has 2 aliphatic heterocycles. The Morgan fingerprint density at radius 1 is 1.29 bits per heavy atom. The summed E-state index contributed by atoms with van der Waals surface area (Å²) < 4.78 is 36.7. The molecule has 0 aliphatic carbocycles. The zero-order chi connectivity index (χ0) is 24.3. The van der Waals surface area contributed by atoms with Crippen molar-refractivity contribution in [3.63, 3.8) is 0 Å². The van der Waals surface area contributed by atoms with Crippen LogP contribution in [0.3, 0.4) is 0 Å². The highest BCUT2D eigenvalue weighted by Gasteiger charge is 2.51. The number of likely N-dealkylation sites (tertiary alicyclic amines) is 1. The van der Waals surface area contributed by atoms with Crippen LogP contribution in [0.2, 0.25) is 4.34 Å². The third-order valence-electron chi connectivity index (χ3n) is 6.76. The van der Waals surface area contributed by atoms with Crippen molar-refractivity contribution in [1.82, 2.24) is 19.7 Å². The minimum absolute atomic E-state index is 0.0253. The number of rotatable bonds is 4. The van der Waals surface area contributed by atoms with Crippen LogP contribution in [0, 0.1) is 6.92 Å². The van der Waals surface area contributed by atoms with Crippen molar-refractivity contribution >= 4 is 22.9 Å². The molecule has 34 heavy (non-hydrogen) atoms. The smallest absolute Gasteiger partial charge is 0.297 e. The van der Waals surface area contributed by atoms with Gasteiger partial charge in [-0.1, -0.05) is 17.7 Å². The number of aryl methyl sites for hydroxylation is 1. The minimum atomic E-state index is -3.00. The second kappa shape index (κ2) is 8.34. The molecule has 0 radical (unpaired) electrons. The zero-order valence-electron chi connectivity index (χ0n) is 19.3. The van der Waals surface area contributed by atoms with Gasteiger partial charge in [0.1, 0.15) is 12.2 Å². The summed E-state index contributed by atoms with van der Waals surface area (Å²) in [6, 6.07) is 5.05. The topological polar surface area (TPSA) is 63.4 Å². The predicted molar refractivity (Wildman–Crippen MR) is 127 cm³/mol. The molecular weight excluding hydrogens is 482 g/mol. The van der Waals surface area contributed by atoms with Gasteiger partial charge in [-0.15, -0.1) is 11.3 Å². The highest BCUT2D eigenvalue weighted by molar-refractivity contribution is 7.16. The minimum Gasteiger partial charge on any atom is -0.386 e. The van der Waals surface area contributed by atoms with Crippen molar-refractivity contribution in [2.75, 3.05) is 19.7 Å². The monoisotopic (exact) mass is 508 g/mol. The fraction of sp³-hybridized carbons (Fsp3) is 0.500. The third kappa shape index (κ3) is 4.18. The Bertz CT molecular complexity index is 1210. The molecule has 1 spiro atoms. The second-order valence-corrected chi connectivity index (χ2v) is 11.4. The molecule has 0 amide bonds. The van der Waals surface area contributed by atoms with Crippen LogP contribution in [0.1, 0.15) is 54.0 Å². The van der Waals surface area contributed by atoms with E-state index >= 15 is 0 Å². The van der Waals surface area contributed by atoms with Crippen molar-refractivity contribution in [2.24, 2.45) is 0 Å². The SMILES string of the molecule is Cc1nn(-c2ncccc2C(C)(C)O)cc1CN1CCC2(CC1)OCC(F)(F)c1cc(Cl)sc12. The molecule has 5 rings (SSSR count). The van der Waals surface area contributed by atoms with E-state index in [2.05, 4.69) is 15.0 Å². The number of pyridine rings is 1. The van der Waals surface area contributed by atoms with Crippen LogP contribution in [-0.4, -0.2) is 44.5 Å². The molecule has 1 saturated heterocycles. The highest BCUT2D eigenvalue weighted by atomic mass is 35.5. The van der Waals surface area contributed by atoms with Crippen molar-refractivity contribution in [1.29, 1.82) is 0 Å². The van der Waals surface area contributed by atoms with Gasteiger partial charge in [0.05, 0.1) is 15.6 Å². The second-order valence-electron chi connectivity index (χ2n) is 9.67. The average Bonchev–Trinajstić information content (AvgIpc) is 3.36. The van der Waals surface area contributed by atoms with Gasteiger partial charge < -0.3 is 9.84 Å². The van der Waals surface area contributed by atoms with Crippen LogP contribution < -0.4 is 0 Å². The molecule has 6 nitrogen and oxygen atoms in total. The van der Waals surface area contributed by atoms with Crippen LogP contribution in [-0.2, 0) is 28.4 Å². The van der Waals surface area contributed by atoms with Crippen molar-refractivity contribution in [3.05, 3.63) is 62.2 Å². The lowest BCUT2D eigenvalue weighted by Gasteiger charge is -2.45. The molecule has 5 heterocycles. The van der Waals surface area contributed by atoms with Crippen LogP contribution in [0.5, 0.6) is 0 Å². The first-order valence-electron chi connectivity index (χ1n) is 11.3. The Kier molecular flexibility index (Phi) is 5.84. The summed E-state index contributed by atoms with van der Waals surface area (Å²) in [7, 11) is 0. The number of piperidine rings is 1. The fourth-order valence-electron chi connectivity index (χ4n) is 4.84. The normalized spacial score (nSPS) is 20.0. The molecule has 3 aromatic heterocycles. The van der Waals surface area contributed by atoms with Gasteiger partial charge in [0, 0.05) is 53.6 Å². The number of thiophene rings is 1. The third-order valence-corrected chi connectivity index (χ3v) is 8.21. The number of alkyl halides is 2. The lowest BCUT2D eigenvalue weighted by atomic mass is 9.84. The zero-order valence-corrected chi connectivity index (χ0v) is 20.9. The first-order chi connectivity index (χ1) is 16.0. The molecule has 0 aromatic carbocycles. The van der Waals surface area contributed by atoms with E-state index in [1.165, 1.54) is 17.4 Å². The van der Waals surface area contributed by atoms with Gasteiger partial charge in [-0.3, -0.25) is 4.90 Å². The lowest BCUT2D eigenvalue weighted by molar-refractivity contribution is -0.182. The Morgan fingerprint density at radius 2 is 2.03 bits per heavy atom. The molecule has 10 heteroatoms. The Morgan fingerprint density at radius 3 is 2.74 bits per heavy atom. The van der Waals surface area contributed by atoms with Crippen LogP contribution in [0.25, 0.3) is 5.82 Å². The average molecular weight is 509 g/mol. The molecule has 0 unspecified atom stereocenters. The summed E-state index contributed by atoms with van der Waals surface area (Å²) in [6.07, 6.45) is 4.89. The van der Waals surface area contributed by atoms with Gasteiger partial charge in [0.15, 0.2) is 5.82 Å². The van der Waals surface area contributed by atoms with Gasteiger partial charge in [-0.25, -0.2) is 9.67 Å². The van der Waals surface area contributed by atoms with Gasteiger partial charge >= 0.3 is 0 Å². The van der Waals surface area contributed by atoms with Crippen LogP contribution in [0.15, 0.2) is 30.6 Å². The first kappa shape index (κ1) is 23.8. The van der Waals surface area contributed by atoms with E-state index in [1.54, 1.807) is 30.8 Å². The van der Waals surface area contributed by atoms with E-state index in [4.69, 9.17) is 16.3 Å². The maximum atomic E-state index is 14.4. The molecular formula is C24H27ClF2N4O2S. The first-order valence-corrected chi connectivity index (χ1v) is 12.5. The number of aliphatic hydroxyl groups is 1. The molecule has 2 aliphatic rings. The lowest BCUT2D eigenvalue weighted by Crippen LogP contribution is -2.48. The molecule has 1 N–H and O–H groups in total. The number of ether oxygens (including phenoxy) is 1.